The Morgan fingerprint density at radius 3 is 2.26 bits per heavy atom. The number of piperidine rings is 1. The zero-order valence-corrected chi connectivity index (χ0v) is 16.4. The topological polar surface area (TPSA) is 98.2 Å². The Kier molecular flexibility index (Phi) is 8.05. The number of alkyl halides is 3. The molecular weight excluding hydrogens is 391 g/mol. The van der Waals surface area contributed by atoms with Gasteiger partial charge in [0, 0.05) is 38.1 Å². The molecule has 0 aromatic heterocycles. The van der Waals surface area contributed by atoms with Gasteiger partial charge in [-0.15, -0.1) is 0 Å². The summed E-state index contributed by atoms with van der Waals surface area (Å²) in [5, 5.41) is 7.12. The van der Waals surface area contributed by atoms with Crippen LogP contribution in [0.15, 0.2) is 0 Å². The fourth-order valence-corrected chi connectivity index (χ4v) is 4.59. The van der Waals surface area contributed by atoms with Crippen LogP contribution in [0, 0.1) is 0 Å². The average molecular weight is 417 g/mol. The number of likely N-dealkylation sites (N-methyl/N-ethyl adjacent to an activating group) is 1. The molecular formula is C15H26F3N3O5S. The summed E-state index contributed by atoms with van der Waals surface area (Å²) in [5.41, 5.74) is 0. The Labute approximate surface area is 156 Å². The van der Waals surface area contributed by atoms with Crippen LogP contribution >= 0.6 is 0 Å². The Morgan fingerprint density at radius 1 is 1.26 bits per heavy atom. The van der Waals surface area contributed by atoms with Gasteiger partial charge < -0.3 is 14.9 Å². The van der Waals surface area contributed by atoms with Crippen molar-refractivity contribution in [2.45, 2.75) is 44.4 Å². The maximum absolute atomic E-state index is 12.1. The molecule has 2 rings (SSSR count). The van der Waals surface area contributed by atoms with Gasteiger partial charge in [0.1, 0.15) is 0 Å². The molecule has 2 heterocycles. The van der Waals surface area contributed by atoms with Gasteiger partial charge in [-0.2, -0.15) is 17.5 Å². The van der Waals surface area contributed by atoms with Gasteiger partial charge in [-0.05, 0) is 33.9 Å². The largest absolute Gasteiger partial charge is 0.490 e. The lowest BCUT2D eigenvalue weighted by Gasteiger charge is -2.39. The molecule has 2 saturated heterocycles. The van der Waals surface area contributed by atoms with Crippen LogP contribution in [0.3, 0.4) is 0 Å². The molecule has 2 aliphatic rings. The number of rotatable bonds is 5. The van der Waals surface area contributed by atoms with Crippen LogP contribution in [0.5, 0.6) is 0 Å². The van der Waals surface area contributed by atoms with E-state index < -0.39 is 22.2 Å². The van der Waals surface area contributed by atoms with Gasteiger partial charge in [0.05, 0.1) is 5.75 Å². The van der Waals surface area contributed by atoms with Crippen LogP contribution in [-0.2, 0) is 19.6 Å². The number of nitrogens with zero attached hydrogens (tertiary/aromatic N) is 3. The predicted octanol–water partition coefficient (Wildman–Crippen LogP) is 0.596. The van der Waals surface area contributed by atoms with E-state index in [1.54, 1.807) is 11.2 Å². The Morgan fingerprint density at radius 2 is 1.81 bits per heavy atom. The molecule has 8 nitrogen and oxygen atoms in total. The van der Waals surface area contributed by atoms with Crippen LogP contribution < -0.4 is 0 Å². The Balaban J connectivity index is 0.000000445. The minimum absolute atomic E-state index is 0.0141. The second kappa shape index (κ2) is 9.20. The van der Waals surface area contributed by atoms with Crippen molar-refractivity contribution in [3.63, 3.8) is 0 Å². The zero-order chi connectivity index (χ0) is 21.0. The number of carbonyl (C=O) groups excluding carboxylic acids is 1. The van der Waals surface area contributed by atoms with Crippen molar-refractivity contribution in [3.8, 4) is 0 Å². The molecule has 0 spiro atoms. The van der Waals surface area contributed by atoms with Crippen LogP contribution in [0.1, 0.15) is 26.2 Å². The lowest BCUT2D eigenvalue weighted by Crippen LogP contribution is -2.54. The van der Waals surface area contributed by atoms with Crippen molar-refractivity contribution < 1.29 is 36.3 Å². The molecule has 2 atom stereocenters. The molecule has 27 heavy (non-hydrogen) atoms. The highest BCUT2D eigenvalue weighted by molar-refractivity contribution is 7.89. The number of sulfonamides is 1. The van der Waals surface area contributed by atoms with E-state index in [0.29, 0.717) is 25.9 Å². The maximum atomic E-state index is 12.1. The molecule has 2 fully saturated rings. The second-order valence-electron chi connectivity index (χ2n) is 6.67. The molecule has 0 aromatic rings. The van der Waals surface area contributed by atoms with Crippen LogP contribution in [0.2, 0.25) is 0 Å². The summed E-state index contributed by atoms with van der Waals surface area (Å²) in [7, 11) is 0.806. The summed E-state index contributed by atoms with van der Waals surface area (Å²) in [5.74, 6) is -2.45. The number of amides is 1. The molecule has 158 valence electrons. The quantitative estimate of drug-likeness (QED) is 0.703. The number of halogens is 3. The number of fused-ring (bicyclic) bond motifs is 1. The maximum Gasteiger partial charge on any atom is 0.490 e. The Hall–Kier alpha value is -1.40. The SMILES string of the molecule is CCS(=O)(=O)N1CC[C@@H]2[C@H]1CCC(=O)N2CCN(C)C.O=C(O)C(F)(F)F. The van der Waals surface area contributed by atoms with Crippen molar-refractivity contribution in [1.82, 2.24) is 14.1 Å². The van der Waals surface area contributed by atoms with E-state index in [1.807, 2.05) is 23.9 Å². The average Bonchev–Trinajstić information content (AvgIpc) is 2.98. The van der Waals surface area contributed by atoms with Crippen molar-refractivity contribution in [1.29, 1.82) is 0 Å². The van der Waals surface area contributed by atoms with E-state index in [0.717, 1.165) is 13.0 Å². The molecule has 0 aliphatic carbocycles. The van der Waals surface area contributed by atoms with Crippen LogP contribution in [0.4, 0.5) is 13.2 Å². The van der Waals surface area contributed by atoms with Crippen molar-refractivity contribution in [3.05, 3.63) is 0 Å². The van der Waals surface area contributed by atoms with Crippen molar-refractivity contribution in [2.75, 3.05) is 39.5 Å². The number of hydrogen-bond donors (Lipinski definition) is 1. The lowest BCUT2D eigenvalue weighted by atomic mass is 9.97. The molecule has 0 aromatic carbocycles. The van der Waals surface area contributed by atoms with E-state index in [9.17, 15) is 26.4 Å². The third-order valence-corrected chi connectivity index (χ3v) is 6.48. The Bertz CT molecular complexity index is 639. The predicted molar refractivity (Wildman–Crippen MR) is 91.6 cm³/mol. The first-order valence-corrected chi connectivity index (χ1v) is 10.2. The van der Waals surface area contributed by atoms with E-state index in [-0.39, 0.29) is 23.7 Å². The number of carboxylic acid groups (broad SMARTS) is 1. The first-order chi connectivity index (χ1) is 12.3. The first kappa shape index (κ1) is 23.6. The number of carboxylic acids is 1. The normalized spacial score (nSPS) is 23.8. The van der Waals surface area contributed by atoms with E-state index in [2.05, 4.69) is 0 Å². The summed E-state index contributed by atoms with van der Waals surface area (Å²) < 4.78 is 57.6. The van der Waals surface area contributed by atoms with Crippen LogP contribution in [-0.4, -0.2) is 97.2 Å². The highest BCUT2D eigenvalue weighted by Crippen LogP contribution is 2.33. The standard InChI is InChI=1S/C13H25N3O3S.C2HF3O2/c1-4-20(18,19)16-8-7-11-12(16)5-6-13(17)15(11)10-9-14(2)3;3-2(4,5)1(6)7/h11-12H,4-10H2,1-3H3;(H,6,7)/t11-,12-;/m1./s1. The van der Waals surface area contributed by atoms with Crippen molar-refractivity contribution in [2.24, 2.45) is 0 Å². The van der Waals surface area contributed by atoms with Gasteiger partial charge in [0.25, 0.3) is 0 Å². The minimum Gasteiger partial charge on any atom is -0.475 e. The highest BCUT2D eigenvalue weighted by atomic mass is 32.2. The molecule has 12 heteroatoms. The minimum atomic E-state index is -5.08. The molecule has 2 aliphatic heterocycles. The van der Waals surface area contributed by atoms with Gasteiger partial charge in [0.15, 0.2) is 0 Å². The van der Waals surface area contributed by atoms with Crippen LogP contribution in [0.25, 0.3) is 0 Å². The smallest absolute Gasteiger partial charge is 0.475 e. The van der Waals surface area contributed by atoms with E-state index >= 15 is 0 Å². The van der Waals surface area contributed by atoms with Gasteiger partial charge >= 0.3 is 12.1 Å². The fourth-order valence-electron chi connectivity index (χ4n) is 3.22. The third-order valence-electron chi connectivity index (χ3n) is 4.59. The summed E-state index contributed by atoms with van der Waals surface area (Å²) in [6.45, 7) is 3.74. The fraction of sp³-hybridized carbons (Fsp3) is 0.867. The second-order valence-corrected chi connectivity index (χ2v) is 8.88. The number of aliphatic carboxylic acids is 1. The van der Waals surface area contributed by atoms with Gasteiger partial charge in [-0.3, -0.25) is 4.79 Å². The molecule has 1 N–H and O–H groups in total. The summed E-state index contributed by atoms with van der Waals surface area (Å²) >= 11 is 0. The summed E-state index contributed by atoms with van der Waals surface area (Å²) in [6, 6.07) is 0.0531. The van der Waals surface area contributed by atoms with Gasteiger partial charge in [-0.25, -0.2) is 13.2 Å². The van der Waals surface area contributed by atoms with Gasteiger partial charge in [-0.1, -0.05) is 0 Å². The summed E-state index contributed by atoms with van der Waals surface area (Å²) in [4.78, 5) is 25.0. The molecule has 0 saturated carbocycles. The highest BCUT2D eigenvalue weighted by Gasteiger charge is 2.46. The third kappa shape index (κ3) is 6.32. The lowest BCUT2D eigenvalue weighted by molar-refractivity contribution is -0.192. The number of hydrogen-bond acceptors (Lipinski definition) is 5. The van der Waals surface area contributed by atoms with E-state index in [4.69, 9.17) is 9.90 Å². The van der Waals surface area contributed by atoms with Gasteiger partial charge in [0.2, 0.25) is 15.9 Å². The molecule has 1 amide bonds. The zero-order valence-electron chi connectivity index (χ0n) is 15.6. The van der Waals surface area contributed by atoms with Crippen molar-refractivity contribution >= 4 is 21.9 Å². The van der Waals surface area contributed by atoms with E-state index in [1.165, 1.54) is 0 Å². The molecule has 0 radical (unpaired) electrons. The number of likely N-dealkylation sites (tertiary alicyclic amines) is 1. The first-order valence-electron chi connectivity index (χ1n) is 8.55. The number of carbonyl (C=O) groups is 2. The molecule has 0 unspecified atom stereocenters. The molecule has 0 bridgehead atoms. The summed E-state index contributed by atoms with van der Waals surface area (Å²) in [6.07, 6.45) is -3.19. The monoisotopic (exact) mass is 417 g/mol.